The predicted molar refractivity (Wildman–Crippen MR) is 105 cm³/mol. The molecule has 0 saturated carbocycles. The van der Waals surface area contributed by atoms with E-state index in [9.17, 15) is 0 Å². The molecule has 1 heterocycles. The van der Waals surface area contributed by atoms with Crippen molar-refractivity contribution in [3.8, 4) is 0 Å². The molecule has 0 aromatic carbocycles. The van der Waals surface area contributed by atoms with E-state index < -0.39 is 0 Å². The number of hydrogen-bond donors (Lipinski definition) is 2. The number of aliphatic imine (C=N–C) groups is 1. The molecule has 0 aromatic rings. The van der Waals surface area contributed by atoms with Gasteiger partial charge in [-0.05, 0) is 53.1 Å². The maximum Gasteiger partial charge on any atom is 0.191 e. The van der Waals surface area contributed by atoms with Gasteiger partial charge in [0.15, 0.2) is 5.96 Å². The predicted octanol–water partition coefficient (Wildman–Crippen LogP) is 2.10. The third kappa shape index (κ3) is 7.50. The van der Waals surface area contributed by atoms with E-state index in [-0.39, 0.29) is 5.54 Å². The number of hydrogen-bond acceptors (Lipinski definition) is 4. The van der Waals surface area contributed by atoms with Gasteiger partial charge in [-0.15, -0.1) is 0 Å². The Balaban J connectivity index is 2.60. The third-order valence-corrected chi connectivity index (χ3v) is 5.09. The van der Waals surface area contributed by atoms with Crippen molar-refractivity contribution in [3.63, 3.8) is 0 Å². The average molecular weight is 357 g/mol. The van der Waals surface area contributed by atoms with E-state index in [0.29, 0.717) is 12.0 Å². The fraction of sp³-hybridized carbons (Fsp3) is 0.947. The highest BCUT2D eigenvalue weighted by atomic mass is 16.5. The number of nitrogens with one attached hydrogen (secondary N) is 2. The molecule has 1 aliphatic rings. The molecule has 1 aliphatic heterocycles. The summed E-state index contributed by atoms with van der Waals surface area (Å²) in [4.78, 5) is 7.19. The summed E-state index contributed by atoms with van der Waals surface area (Å²) < 4.78 is 11.4. The molecule has 1 atom stereocenters. The second kappa shape index (κ2) is 11.7. The van der Waals surface area contributed by atoms with Gasteiger partial charge in [0.1, 0.15) is 0 Å². The molecular weight excluding hydrogens is 316 g/mol. The summed E-state index contributed by atoms with van der Waals surface area (Å²) in [6, 6.07) is 0. The fourth-order valence-corrected chi connectivity index (χ4v) is 3.22. The molecule has 1 saturated heterocycles. The Morgan fingerprint density at radius 3 is 2.40 bits per heavy atom. The SMILES string of the molecule is CCNC(=NCC1(N(C)C)CCOCC1)NCCC(OCC)C(C)C. The van der Waals surface area contributed by atoms with Crippen LogP contribution in [0.5, 0.6) is 0 Å². The minimum Gasteiger partial charge on any atom is -0.381 e. The summed E-state index contributed by atoms with van der Waals surface area (Å²) in [5.74, 6) is 1.43. The number of ether oxygens (including phenoxy) is 2. The van der Waals surface area contributed by atoms with Gasteiger partial charge in [-0.1, -0.05) is 13.8 Å². The van der Waals surface area contributed by atoms with Crippen LogP contribution in [0.2, 0.25) is 0 Å². The monoisotopic (exact) mass is 356 g/mol. The maximum atomic E-state index is 5.83. The Morgan fingerprint density at radius 2 is 1.88 bits per heavy atom. The molecular formula is C19H40N4O2. The highest BCUT2D eigenvalue weighted by Crippen LogP contribution is 2.26. The van der Waals surface area contributed by atoms with E-state index >= 15 is 0 Å². The van der Waals surface area contributed by atoms with Crippen molar-refractivity contribution in [2.45, 2.75) is 58.6 Å². The Labute approximate surface area is 154 Å². The minimum atomic E-state index is 0.104. The maximum absolute atomic E-state index is 5.83. The van der Waals surface area contributed by atoms with Crippen LogP contribution >= 0.6 is 0 Å². The van der Waals surface area contributed by atoms with E-state index in [1.165, 1.54) is 0 Å². The molecule has 0 spiro atoms. The van der Waals surface area contributed by atoms with Gasteiger partial charge >= 0.3 is 0 Å². The summed E-state index contributed by atoms with van der Waals surface area (Å²) in [6.07, 6.45) is 3.34. The zero-order valence-electron chi connectivity index (χ0n) is 17.2. The first-order chi connectivity index (χ1) is 11.9. The zero-order chi connectivity index (χ0) is 18.7. The first-order valence-corrected chi connectivity index (χ1v) is 9.84. The van der Waals surface area contributed by atoms with Crippen LogP contribution in [-0.2, 0) is 9.47 Å². The lowest BCUT2D eigenvalue weighted by Gasteiger charge is -2.41. The van der Waals surface area contributed by atoms with Crippen LogP contribution in [0.4, 0.5) is 0 Å². The molecule has 0 aromatic heterocycles. The van der Waals surface area contributed by atoms with Gasteiger partial charge in [0, 0.05) is 38.4 Å². The normalized spacial score (nSPS) is 19.3. The first-order valence-electron chi connectivity index (χ1n) is 9.84. The number of guanidine groups is 1. The lowest BCUT2D eigenvalue weighted by molar-refractivity contribution is -0.00256. The van der Waals surface area contributed by atoms with Gasteiger partial charge in [-0.2, -0.15) is 0 Å². The zero-order valence-corrected chi connectivity index (χ0v) is 17.2. The third-order valence-electron chi connectivity index (χ3n) is 5.09. The summed E-state index contributed by atoms with van der Waals surface area (Å²) in [5.41, 5.74) is 0.104. The fourth-order valence-electron chi connectivity index (χ4n) is 3.22. The molecule has 25 heavy (non-hydrogen) atoms. The van der Waals surface area contributed by atoms with Crippen LogP contribution < -0.4 is 10.6 Å². The van der Waals surface area contributed by atoms with Crippen molar-refractivity contribution in [1.82, 2.24) is 15.5 Å². The first kappa shape index (κ1) is 22.2. The van der Waals surface area contributed by atoms with E-state index in [2.05, 4.69) is 57.3 Å². The second-order valence-electron chi connectivity index (χ2n) is 7.38. The standard InChI is InChI=1S/C19H40N4O2/c1-7-20-18(21-12-9-17(16(3)4)25-8-2)22-15-19(23(5)6)10-13-24-14-11-19/h16-17H,7-15H2,1-6H3,(H2,20,21,22). The number of nitrogens with zero attached hydrogens (tertiary/aromatic N) is 2. The van der Waals surface area contributed by atoms with Gasteiger partial charge in [0.25, 0.3) is 0 Å². The Kier molecular flexibility index (Phi) is 10.4. The van der Waals surface area contributed by atoms with Crippen LogP contribution in [0.15, 0.2) is 4.99 Å². The Morgan fingerprint density at radius 1 is 1.20 bits per heavy atom. The van der Waals surface area contributed by atoms with Crippen LogP contribution in [0.3, 0.4) is 0 Å². The molecule has 1 unspecified atom stereocenters. The van der Waals surface area contributed by atoms with Crippen LogP contribution in [-0.4, -0.2) is 76.1 Å². The molecule has 0 aliphatic carbocycles. The number of likely N-dealkylation sites (N-methyl/N-ethyl adjacent to an activating group) is 1. The van der Waals surface area contributed by atoms with E-state index in [1.54, 1.807) is 0 Å². The van der Waals surface area contributed by atoms with Crippen molar-refractivity contribution < 1.29 is 9.47 Å². The average Bonchev–Trinajstić information content (AvgIpc) is 2.59. The van der Waals surface area contributed by atoms with Crippen molar-refractivity contribution in [1.29, 1.82) is 0 Å². The van der Waals surface area contributed by atoms with Crippen LogP contribution in [0, 0.1) is 5.92 Å². The molecule has 0 amide bonds. The van der Waals surface area contributed by atoms with Crippen LogP contribution in [0.25, 0.3) is 0 Å². The van der Waals surface area contributed by atoms with Crippen LogP contribution in [0.1, 0.15) is 47.0 Å². The van der Waals surface area contributed by atoms with E-state index in [1.807, 2.05) is 0 Å². The summed E-state index contributed by atoms with van der Waals surface area (Å²) in [5, 5.41) is 6.83. The van der Waals surface area contributed by atoms with Crippen molar-refractivity contribution in [2.24, 2.45) is 10.9 Å². The summed E-state index contributed by atoms with van der Waals surface area (Å²) in [7, 11) is 4.30. The van der Waals surface area contributed by atoms with E-state index in [0.717, 1.165) is 64.7 Å². The molecule has 6 nitrogen and oxygen atoms in total. The number of rotatable bonds is 10. The molecule has 1 rings (SSSR count). The molecule has 6 heteroatoms. The summed E-state index contributed by atoms with van der Waals surface area (Å²) in [6.45, 7) is 13.5. The lowest BCUT2D eigenvalue weighted by Crippen LogP contribution is -2.51. The van der Waals surface area contributed by atoms with Gasteiger partial charge in [-0.3, -0.25) is 4.99 Å². The summed E-state index contributed by atoms with van der Waals surface area (Å²) >= 11 is 0. The molecule has 0 bridgehead atoms. The molecule has 0 radical (unpaired) electrons. The Bertz CT molecular complexity index is 380. The highest BCUT2D eigenvalue weighted by Gasteiger charge is 2.34. The smallest absolute Gasteiger partial charge is 0.191 e. The van der Waals surface area contributed by atoms with Crippen molar-refractivity contribution >= 4 is 5.96 Å². The van der Waals surface area contributed by atoms with Crippen molar-refractivity contribution in [3.05, 3.63) is 0 Å². The minimum absolute atomic E-state index is 0.104. The highest BCUT2D eigenvalue weighted by molar-refractivity contribution is 5.79. The van der Waals surface area contributed by atoms with E-state index in [4.69, 9.17) is 14.5 Å². The van der Waals surface area contributed by atoms with Crippen molar-refractivity contribution in [2.75, 3.05) is 53.6 Å². The van der Waals surface area contributed by atoms with Gasteiger partial charge in [0.05, 0.1) is 12.6 Å². The molecule has 148 valence electrons. The molecule has 2 N–H and O–H groups in total. The second-order valence-corrected chi connectivity index (χ2v) is 7.38. The lowest BCUT2D eigenvalue weighted by atomic mass is 9.89. The quantitative estimate of drug-likeness (QED) is 0.464. The van der Waals surface area contributed by atoms with Gasteiger partial charge < -0.3 is 25.0 Å². The largest absolute Gasteiger partial charge is 0.381 e. The molecule has 1 fully saturated rings. The Hall–Kier alpha value is -0.850. The van der Waals surface area contributed by atoms with Gasteiger partial charge in [-0.25, -0.2) is 0 Å². The topological polar surface area (TPSA) is 58.1 Å². The van der Waals surface area contributed by atoms with Gasteiger partial charge in [0.2, 0.25) is 0 Å².